The minimum absolute atomic E-state index is 0.217. The van der Waals surface area contributed by atoms with Crippen LogP contribution < -0.4 is 9.64 Å². The van der Waals surface area contributed by atoms with E-state index in [9.17, 15) is 10.4 Å². The molecule has 1 spiro atoms. The Bertz CT molecular complexity index is 1530. The van der Waals surface area contributed by atoms with Gasteiger partial charge in [0.1, 0.15) is 23.9 Å². The number of fused-ring (bicyclic) bond motifs is 3. The smallest absolute Gasteiger partial charge is 0.138 e. The van der Waals surface area contributed by atoms with Crippen molar-refractivity contribution in [1.29, 1.82) is 5.26 Å². The van der Waals surface area contributed by atoms with E-state index < -0.39 is 0 Å². The van der Waals surface area contributed by atoms with Crippen LogP contribution in [0.4, 0.5) is 5.82 Å². The predicted molar refractivity (Wildman–Crippen MR) is 165 cm³/mol. The quantitative estimate of drug-likeness (QED) is 0.395. The molecular formula is C33H42N8O3. The third-order valence-electron chi connectivity index (χ3n) is 11.1. The molecule has 11 heteroatoms. The molecule has 44 heavy (non-hydrogen) atoms. The lowest BCUT2D eigenvalue weighted by Gasteiger charge is -2.63. The van der Waals surface area contributed by atoms with Gasteiger partial charge in [-0.2, -0.15) is 10.4 Å². The van der Waals surface area contributed by atoms with Gasteiger partial charge in [0.25, 0.3) is 0 Å². The molecule has 0 radical (unpaired) electrons. The number of pyridine rings is 2. The lowest BCUT2D eigenvalue weighted by molar-refractivity contribution is -0.210. The predicted octanol–water partition coefficient (Wildman–Crippen LogP) is 2.43. The van der Waals surface area contributed by atoms with E-state index in [0.717, 1.165) is 106 Å². The molecule has 5 aliphatic heterocycles. The number of aliphatic hydroxyl groups excluding tert-OH is 1. The van der Waals surface area contributed by atoms with Crippen LogP contribution in [0.15, 0.2) is 36.8 Å². The van der Waals surface area contributed by atoms with Crippen molar-refractivity contribution in [3.05, 3.63) is 42.4 Å². The van der Waals surface area contributed by atoms with E-state index in [1.807, 2.05) is 25.5 Å². The Hall–Kier alpha value is -3.27. The van der Waals surface area contributed by atoms with Crippen LogP contribution in [0.25, 0.3) is 16.6 Å². The van der Waals surface area contributed by atoms with Crippen LogP contribution in [-0.4, -0.2) is 124 Å². The summed E-state index contributed by atoms with van der Waals surface area (Å²) in [5.41, 5.74) is 3.38. The van der Waals surface area contributed by atoms with Gasteiger partial charge in [-0.1, -0.05) is 0 Å². The first kappa shape index (κ1) is 28.2. The maximum absolute atomic E-state index is 9.87. The summed E-state index contributed by atoms with van der Waals surface area (Å²) in [6.07, 6.45) is 10.5. The first-order valence-corrected chi connectivity index (χ1v) is 16.2. The SMILES string of the molecule is CN1C(O)CC12CC(CCOc1cc(-c3ccc(N4CC5CC(C4)N5CCN4CCOCC4)nc3)c3c(C#N)cnn3c1)C2. The lowest BCUT2D eigenvalue weighted by Crippen LogP contribution is -2.69. The molecule has 3 unspecified atom stereocenters. The van der Waals surface area contributed by atoms with Crippen molar-refractivity contribution in [2.24, 2.45) is 5.92 Å². The van der Waals surface area contributed by atoms with Gasteiger partial charge in [-0.25, -0.2) is 9.50 Å². The van der Waals surface area contributed by atoms with Crippen molar-refractivity contribution in [2.45, 2.75) is 56.0 Å². The molecule has 0 amide bonds. The highest BCUT2D eigenvalue weighted by atomic mass is 16.5. The van der Waals surface area contributed by atoms with Gasteiger partial charge in [-0.15, -0.1) is 0 Å². The molecule has 1 aliphatic carbocycles. The van der Waals surface area contributed by atoms with Crippen molar-refractivity contribution in [3.8, 4) is 22.9 Å². The number of morpholine rings is 1. The number of nitriles is 1. The molecule has 3 atom stereocenters. The van der Waals surface area contributed by atoms with E-state index in [1.165, 1.54) is 6.42 Å². The van der Waals surface area contributed by atoms with Gasteiger partial charge in [0.2, 0.25) is 0 Å². The van der Waals surface area contributed by atoms with Crippen LogP contribution in [0, 0.1) is 17.2 Å². The molecule has 0 aromatic carbocycles. The summed E-state index contributed by atoms with van der Waals surface area (Å²) < 4.78 is 13.5. The van der Waals surface area contributed by atoms with Crippen LogP contribution in [0.2, 0.25) is 0 Å². The second-order valence-corrected chi connectivity index (χ2v) is 13.5. The van der Waals surface area contributed by atoms with E-state index in [1.54, 1.807) is 10.7 Å². The molecule has 5 saturated heterocycles. The number of hydrogen-bond acceptors (Lipinski definition) is 10. The Morgan fingerprint density at radius 3 is 2.64 bits per heavy atom. The van der Waals surface area contributed by atoms with E-state index in [-0.39, 0.29) is 11.8 Å². The van der Waals surface area contributed by atoms with Gasteiger partial charge >= 0.3 is 0 Å². The Morgan fingerprint density at radius 2 is 1.93 bits per heavy atom. The van der Waals surface area contributed by atoms with E-state index in [0.29, 0.717) is 30.2 Å². The molecule has 3 aromatic rings. The first-order chi connectivity index (χ1) is 21.5. The van der Waals surface area contributed by atoms with E-state index >= 15 is 0 Å². The third-order valence-corrected chi connectivity index (χ3v) is 11.1. The van der Waals surface area contributed by atoms with Crippen molar-refractivity contribution in [3.63, 3.8) is 0 Å². The van der Waals surface area contributed by atoms with E-state index in [2.05, 4.69) is 42.9 Å². The maximum Gasteiger partial charge on any atom is 0.138 e. The minimum Gasteiger partial charge on any atom is -0.492 e. The number of rotatable bonds is 9. The molecule has 1 N–H and O–H groups in total. The summed E-state index contributed by atoms with van der Waals surface area (Å²) in [6.45, 7) is 8.73. The second-order valence-electron chi connectivity index (χ2n) is 13.5. The molecular weight excluding hydrogens is 556 g/mol. The van der Waals surface area contributed by atoms with Crippen molar-refractivity contribution >= 4 is 11.3 Å². The largest absolute Gasteiger partial charge is 0.492 e. The zero-order valence-electron chi connectivity index (χ0n) is 25.5. The normalized spacial score (nSPS) is 30.5. The molecule has 9 rings (SSSR count). The third kappa shape index (κ3) is 4.93. The monoisotopic (exact) mass is 598 g/mol. The molecule has 6 fully saturated rings. The molecule has 2 bridgehead atoms. The molecule has 8 heterocycles. The number of likely N-dealkylation sites (tertiary alicyclic amines) is 1. The maximum atomic E-state index is 9.87. The topological polar surface area (TPSA) is 106 Å². The fraction of sp³-hybridized carbons (Fsp3) is 0.606. The summed E-state index contributed by atoms with van der Waals surface area (Å²) in [6, 6.07) is 9.75. The summed E-state index contributed by atoms with van der Waals surface area (Å²) in [4.78, 5) is 14.7. The van der Waals surface area contributed by atoms with Gasteiger partial charge in [0.05, 0.1) is 43.3 Å². The number of aliphatic hydroxyl groups is 1. The molecule has 6 aliphatic rings. The number of anilines is 1. The standard InChI is InChI=1S/C33H42N8O3/c1-37-31(42)16-33(37)14-23(15-33)4-9-44-28-13-29(32-25(17-34)19-36-41(32)22-28)24-2-3-30(35-18-24)39-20-26-12-27(21-39)40(26)6-5-38-7-10-43-11-8-38/h2-3,13,18-19,22-23,26-27,31,42H,4-12,14-16,20-21H2,1H3. The summed E-state index contributed by atoms with van der Waals surface area (Å²) in [5, 5.41) is 24.1. The average molecular weight is 599 g/mol. The summed E-state index contributed by atoms with van der Waals surface area (Å²) in [7, 11) is 2.02. The number of hydrogen-bond donors (Lipinski definition) is 1. The zero-order chi connectivity index (χ0) is 29.8. The van der Waals surface area contributed by atoms with Crippen LogP contribution in [0.1, 0.15) is 37.7 Å². The number of piperidine rings is 1. The molecule has 1 saturated carbocycles. The van der Waals surface area contributed by atoms with Crippen LogP contribution in [-0.2, 0) is 4.74 Å². The number of aromatic nitrogens is 3. The fourth-order valence-corrected chi connectivity index (χ4v) is 8.37. The van der Waals surface area contributed by atoms with E-state index in [4.69, 9.17) is 14.5 Å². The summed E-state index contributed by atoms with van der Waals surface area (Å²) >= 11 is 0. The van der Waals surface area contributed by atoms with Crippen molar-refractivity contribution < 1.29 is 14.6 Å². The van der Waals surface area contributed by atoms with Gasteiger partial charge in [0.15, 0.2) is 0 Å². The fourth-order valence-electron chi connectivity index (χ4n) is 8.37. The van der Waals surface area contributed by atoms with Crippen molar-refractivity contribution in [1.82, 2.24) is 29.3 Å². The second kappa shape index (κ2) is 11.3. The van der Waals surface area contributed by atoms with Gasteiger partial charge in [-0.3, -0.25) is 14.7 Å². The highest BCUT2D eigenvalue weighted by molar-refractivity contribution is 5.85. The highest BCUT2D eigenvalue weighted by Crippen LogP contribution is 2.53. The Kier molecular flexibility index (Phi) is 7.23. The number of ether oxygens (including phenoxy) is 2. The highest BCUT2D eigenvalue weighted by Gasteiger charge is 2.56. The zero-order valence-corrected chi connectivity index (χ0v) is 25.5. The Labute approximate surface area is 258 Å². The average Bonchev–Trinajstić information content (AvgIpc) is 3.46. The lowest BCUT2D eigenvalue weighted by atomic mass is 9.60. The van der Waals surface area contributed by atoms with Gasteiger partial charge in [0, 0.05) is 80.6 Å². The Balaban J connectivity index is 0.917. The van der Waals surface area contributed by atoms with Crippen LogP contribution in [0.3, 0.4) is 0 Å². The molecule has 232 valence electrons. The Morgan fingerprint density at radius 1 is 1.11 bits per heavy atom. The van der Waals surface area contributed by atoms with Crippen molar-refractivity contribution in [2.75, 3.05) is 71.0 Å². The van der Waals surface area contributed by atoms with Gasteiger partial charge in [-0.05, 0) is 56.8 Å². The van der Waals surface area contributed by atoms with Gasteiger partial charge < -0.3 is 19.5 Å². The first-order valence-electron chi connectivity index (χ1n) is 16.2. The number of piperazine rings is 1. The van der Waals surface area contributed by atoms with Crippen LogP contribution in [0.5, 0.6) is 5.75 Å². The van der Waals surface area contributed by atoms with Crippen LogP contribution >= 0.6 is 0 Å². The molecule has 11 nitrogen and oxygen atoms in total. The summed E-state index contributed by atoms with van der Waals surface area (Å²) in [5.74, 6) is 2.37. The molecule has 3 aromatic heterocycles. The number of nitrogens with zero attached hydrogens (tertiary/aromatic N) is 8. The minimum atomic E-state index is -0.278.